The van der Waals surface area contributed by atoms with Crippen molar-refractivity contribution < 1.29 is 14.2 Å². The van der Waals surface area contributed by atoms with Gasteiger partial charge in [0.15, 0.2) is 0 Å². The third kappa shape index (κ3) is 2.84. The molecular formula is C14H14FNO2. The van der Waals surface area contributed by atoms with E-state index in [1.54, 1.807) is 24.3 Å². The van der Waals surface area contributed by atoms with Gasteiger partial charge in [-0.3, -0.25) is 4.98 Å². The maximum atomic E-state index is 12.7. The number of hydrogen-bond donors (Lipinski definition) is 1. The lowest BCUT2D eigenvalue weighted by molar-refractivity contribution is 0.215. The first-order valence-corrected chi connectivity index (χ1v) is 5.73. The Labute approximate surface area is 105 Å². The first-order valence-electron chi connectivity index (χ1n) is 5.73. The van der Waals surface area contributed by atoms with Crippen molar-refractivity contribution in [3.05, 3.63) is 59.7 Å². The van der Waals surface area contributed by atoms with E-state index in [-0.39, 0.29) is 0 Å². The molecule has 1 unspecified atom stereocenters. The van der Waals surface area contributed by atoms with Gasteiger partial charge in [-0.1, -0.05) is 12.1 Å². The normalized spacial score (nSPS) is 12.2. The highest BCUT2D eigenvalue weighted by molar-refractivity contribution is 5.31. The van der Waals surface area contributed by atoms with Gasteiger partial charge >= 0.3 is 0 Å². The number of rotatable bonds is 4. The summed E-state index contributed by atoms with van der Waals surface area (Å²) in [6, 6.07) is 9.84. The highest BCUT2D eigenvalue weighted by Crippen LogP contribution is 2.22. The Morgan fingerprint density at radius 1 is 1.22 bits per heavy atom. The molecule has 3 nitrogen and oxygen atoms in total. The number of halogens is 1. The van der Waals surface area contributed by atoms with Gasteiger partial charge in [0.1, 0.15) is 17.7 Å². The lowest BCUT2D eigenvalue weighted by Gasteiger charge is -2.11. The molecule has 0 amide bonds. The van der Waals surface area contributed by atoms with Crippen LogP contribution in [0.1, 0.15) is 24.3 Å². The fourth-order valence-electron chi connectivity index (χ4n) is 1.63. The van der Waals surface area contributed by atoms with Crippen molar-refractivity contribution in [1.82, 2.24) is 4.98 Å². The zero-order chi connectivity index (χ0) is 13.0. The predicted molar refractivity (Wildman–Crippen MR) is 65.9 cm³/mol. The van der Waals surface area contributed by atoms with Gasteiger partial charge in [0, 0.05) is 0 Å². The van der Waals surface area contributed by atoms with Crippen molar-refractivity contribution in [3.8, 4) is 5.75 Å². The van der Waals surface area contributed by atoms with E-state index in [9.17, 15) is 9.50 Å². The molecule has 4 heteroatoms. The van der Waals surface area contributed by atoms with Gasteiger partial charge in [-0.05, 0) is 36.8 Å². The van der Waals surface area contributed by atoms with Crippen molar-refractivity contribution in [2.45, 2.75) is 13.0 Å². The summed E-state index contributed by atoms with van der Waals surface area (Å²) in [6.45, 7) is 2.51. The van der Waals surface area contributed by atoms with E-state index < -0.39 is 11.9 Å². The fraction of sp³-hybridized carbons (Fsp3) is 0.214. The lowest BCUT2D eigenvalue weighted by Crippen LogP contribution is -2.02. The minimum Gasteiger partial charge on any atom is -0.494 e. The van der Waals surface area contributed by atoms with Gasteiger partial charge in [-0.15, -0.1) is 0 Å². The summed E-state index contributed by atoms with van der Waals surface area (Å²) >= 11 is 0. The molecule has 1 aromatic carbocycles. The van der Waals surface area contributed by atoms with Crippen LogP contribution in [0.15, 0.2) is 42.6 Å². The molecule has 0 spiro atoms. The molecule has 18 heavy (non-hydrogen) atoms. The topological polar surface area (TPSA) is 42.4 Å². The van der Waals surface area contributed by atoms with Crippen molar-refractivity contribution in [2.24, 2.45) is 0 Å². The Bertz CT molecular complexity index is 496. The average molecular weight is 247 g/mol. The van der Waals surface area contributed by atoms with Gasteiger partial charge in [-0.2, -0.15) is 0 Å². The van der Waals surface area contributed by atoms with Gasteiger partial charge in [0.25, 0.3) is 0 Å². The first kappa shape index (κ1) is 12.5. The molecule has 1 heterocycles. The van der Waals surface area contributed by atoms with Crippen LogP contribution < -0.4 is 4.74 Å². The Morgan fingerprint density at radius 2 is 1.94 bits per heavy atom. The maximum Gasteiger partial charge on any atom is 0.141 e. The third-order valence-electron chi connectivity index (χ3n) is 2.54. The van der Waals surface area contributed by atoms with Crippen LogP contribution >= 0.6 is 0 Å². The average Bonchev–Trinajstić information content (AvgIpc) is 2.40. The lowest BCUT2D eigenvalue weighted by atomic mass is 10.1. The molecule has 0 aliphatic carbocycles. The minimum atomic E-state index is -0.860. The molecule has 0 aliphatic rings. The maximum absolute atomic E-state index is 12.7. The van der Waals surface area contributed by atoms with Crippen LogP contribution in [0, 0.1) is 5.82 Å². The van der Waals surface area contributed by atoms with Gasteiger partial charge < -0.3 is 9.84 Å². The highest BCUT2D eigenvalue weighted by atomic mass is 19.1. The van der Waals surface area contributed by atoms with Crippen molar-refractivity contribution >= 4 is 0 Å². The number of aliphatic hydroxyl groups is 1. The quantitative estimate of drug-likeness (QED) is 0.903. The number of hydrogen-bond acceptors (Lipinski definition) is 3. The summed E-state index contributed by atoms with van der Waals surface area (Å²) in [4.78, 5) is 3.86. The van der Waals surface area contributed by atoms with Crippen molar-refractivity contribution in [3.63, 3.8) is 0 Å². The van der Waals surface area contributed by atoms with Crippen LogP contribution in [-0.4, -0.2) is 16.7 Å². The van der Waals surface area contributed by atoms with Crippen molar-refractivity contribution in [2.75, 3.05) is 6.61 Å². The van der Waals surface area contributed by atoms with E-state index in [0.717, 1.165) is 11.9 Å². The van der Waals surface area contributed by atoms with E-state index in [1.165, 1.54) is 12.1 Å². The summed E-state index contributed by atoms with van der Waals surface area (Å²) in [5.74, 6) is 0.332. The zero-order valence-corrected chi connectivity index (χ0v) is 10.0. The molecular weight excluding hydrogens is 233 g/mol. The number of benzene rings is 1. The molecule has 0 aliphatic heterocycles. The summed E-state index contributed by atoms with van der Waals surface area (Å²) < 4.78 is 18.0. The smallest absolute Gasteiger partial charge is 0.141 e. The molecule has 0 fully saturated rings. The van der Waals surface area contributed by atoms with Gasteiger partial charge in [0.05, 0.1) is 18.5 Å². The summed E-state index contributed by atoms with van der Waals surface area (Å²) in [7, 11) is 0. The van der Waals surface area contributed by atoms with Crippen LogP contribution in [-0.2, 0) is 0 Å². The fourth-order valence-corrected chi connectivity index (χ4v) is 1.63. The number of ether oxygens (including phenoxy) is 1. The first-order chi connectivity index (χ1) is 8.70. The third-order valence-corrected chi connectivity index (χ3v) is 2.54. The van der Waals surface area contributed by atoms with Crippen molar-refractivity contribution in [1.29, 1.82) is 0 Å². The number of aliphatic hydroxyl groups excluding tert-OH is 1. The highest BCUT2D eigenvalue weighted by Gasteiger charge is 2.11. The van der Waals surface area contributed by atoms with Crippen LogP contribution in [0.5, 0.6) is 5.75 Å². The largest absolute Gasteiger partial charge is 0.494 e. The predicted octanol–water partition coefficient (Wildman–Crippen LogP) is 2.70. The Morgan fingerprint density at radius 3 is 2.50 bits per heavy atom. The minimum absolute atomic E-state index is 0.417. The number of pyridine rings is 1. The van der Waals surface area contributed by atoms with Crippen LogP contribution in [0.2, 0.25) is 0 Å². The molecule has 0 saturated heterocycles. The van der Waals surface area contributed by atoms with E-state index in [0.29, 0.717) is 17.9 Å². The Balaban J connectivity index is 2.17. The SMILES string of the molecule is CCOc1ccc(C(O)c2ccc(F)cn2)cc1. The van der Waals surface area contributed by atoms with E-state index in [2.05, 4.69) is 4.98 Å². The van der Waals surface area contributed by atoms with Crippen LogP contribution in [0.3, 0.4) is 0 Å². The van der Waals surface area contributed by atoms with E-state index in [1.807, 2.05) is 6.92 Å². The second kappa shape index (κ2) is 5.60. The molecule has 1 N–H and O–H groups in total. The Kier molecular flexibility index (Phi) is 3.89. The van der Waals surface area contributed by atoms with E-state index in [4.69, 9.17) is 4.74 Å². The summed E-state index contributed by atoms with van der Waals surface area (Å²) in [6.07, 6.45) is 0.230. The second-order valence-electron chi connectivity index (χ2n) is 3.81. The van der Waals surface area contributed by atoms with Crippen LogP contribution in [0.4, 0.5) is 4.39 Å². The Hall–Kier alpha value is -1.94. The summed E-state index contributed by atoms with van der Waals surface area (Å²) in [5, 5.41) is 10.1. The van der Waals surface area contributed by atoms with Gasteiger partial charge in [-0.25, -0.2) is 4.39 Å². The molecule has 0 radical (unpaired) electrons. The molecule has 2 rings (SSSR count). The van der Waals surface area contributed by atoms with Gasteiger partial charge in [0.2, 0.25) is 0 Å². The second-order valence-corrected chi connectivity index (χ2v) is 3.81. The molecule has 0 bridgehead atoms. The van der Waals surface area contributed by atoms with E-state index >= 15 is 0 Å². The molecule has 1 atom stereocenters. The molecule has 0 saturated carbocycles. The molecule has 2 aromatic rings. The molecule has 1 aromatic heterocycles. The molecule has 94 valence electrons. The monoisotopic (exact) mass is 247 g/mol. The standard InChI is InChI=1S/C14H14FNO2/c1-2-18-12-6-3-10(4-7-12)14(17)13-8-5-11(15)9-16-13/h3-9,14,17H,2H2,1H3. The van der Waals surface area contributed by atoms with Crippen LogP contribution in [0.25, 0.3) is 0 Å². The number of nitrogens with zero attached hydrogens (tertiary/aromatic N) is 1. The number of aromatic nitrogens is 1. The zero-order valence-electron chi connectivity index (χ0n) is 10.0. The summed E-state index contributed by atoms with van der Waals surface area (Å²) in [5.41, 5.74) is 1.11.